The molecule has 1 aliphatic carbocycles. The Morgan fingerprint density at radius 1 is 1.14 bits per heavy atom. The van der Waals surface area contributed by atoms with Crippen LogP contribution in [0.15, 0.2) is 54.7 Å². The summed E-state index contributed by atoms with van der Waals surface area (Å²) in [6, 6.07) is 12.6. The van der Waals surface area contributed by atoms with Gasteiger partial charge in [-0.15, -0.1) is 0 Å². The summed E-state index contributed by atoms with van der Waals surface area (Å²) >= 11 is 6.07. The molecule has 1 aliphatic rings. The highest BCUT2D eigenvalue weighted by Crippen LogP contribution is 2.33. The van der Waals surface area contributed by atoms with E-state index in [1.54, 1.807) is 6.07 Å². The van der Waals surface area contributed by atoms with E-state index >= 15 is 0 Å². The number of rotatable bonds is 3. The van der Waals surface area contributed by atoms with Crippen molar-refractivity contribution in [2.75, 3.05) is 5.32 Å². The fraction of sp³-hybridized carbons (Fsp3) is 0.143. The van der Waals surface area contributed by atoms with Crippen LogP contribution in [0.1, 0.15) is 44.3 Å². The lowest BCUT2D eigenvalue weighted by molar-refractivity contribution is 0.0962. The predicted octanol–water partition coefficient (Wildman–Crippen LogP) is 4.43. The number of aromatic nitrogens is 2. The van der Waals surface area contributed by atoms with E-state index in [2.05, 4.69) is 15.3 Å². The minimum absolute atomic E-state index is 0.0331. The van der Waals surface area contributed by atoms with E-state index in [9.17, 15) is 14.0 Å². The fourth-order valence-electron chi connectivity index (χ4n) is 3.28. The van der Waals surface area contributed by atoms with Crippen molar-refractivity contribution in [1.82, 2.24) is 9.97 Å². The number of amides is 1. The molecule has 0 aliphatic heterocycles. The van der Waals surface area contributed by atoms with Crippen LogP contribution in [0.25, 0.3) is 0 Å². The van der Waals surface area contributed by atoms with Crippen LogP contribution >= 0.6 is 11.6 Å². The summed E-state index contributed by atoms with van der Waals surface area (Å²) in [4.78, 5) is 33.2. The van der Waals surface area contributed by atoms with Crippen molar-refractivity contribution in [2.24, 2.45) is 0 Å². The van der Waals surface area contributed by atoms with E-state index < -0.39 is 11.7 Å². The van der Waals surface area contributed by atoms with Crippen molar-refractivity contribution in [3.8, 4) is 0 Å². The Morgan fingerprint density at radius 3 is 2.68 bits per heavy atom. The largest absolute Gasteiger partial charge is 0.294 e. The molecule has 0 spiro atoms. The summed E-state index contributed by atoms with van der Waals surface area (Å²) in [5.41, 5.74) is 2.32. The molecule has 0 radical (unpaired) electrons. The quantitative estimate of drug-likeness (QED) is 0.711. The van der Waals surface area contributed by atoms with Crippen LogP contribution in [0.4, 0.5) is 10.3 Å². The molecule has 5 nitrogen and oxygen atoms in total. The minimum atomic E-state index is -0.450. The van der Waals surface area contributed by atoms with Crippen LogP contribution in [0, 0.1) is 5.82 Å². The average molecular weight is 396 g/mol. The summed E-state index contributed by atoms with van der Waals surface area (Å²) in [5, 5.41) is 3.21. The second-order valence-corrected chi connectivity index (χ2v) is 7.03. The summed E-state index contributed by atoms with van der Waals surface area (Å²) in [6.07, 6.45) is 2.35. The van der Waals surface area contributed by atoms with Gasteiger partial charge in [-0.3, -0.25) is 14.9 Å². The monoisotopic (exact) mass is 395 g/mol. The van der Waals surface area contributed by atoms with Gasteiger partial charge in [0.2, 0.25) is 5.95 Å². The maximum Gasteiger partial charge on any atom is 0.258 e. The minimum Gasteiger partial charge on any atom is -0.294 e. The first-order valence-corrected chi connectivity index (χ1v) is 9.09. The number of nitrogens with one attached hydrogen (secondary N) is 1. The zero-order valence-electron chi connectivity index (χ0n) is 14.7. The molecule has 1 amide bonds. The molecule has 2 aromatic carbocycles. The first-order valence-electron chi connectivity index (χ1n) is 8.71. The second kappa shape index (κ2) is 7.48. The highest BCUT2D eigenvalue weighted by molar-refractivity contribution is 6.30. The third-order valence-electron chi connectivity index (χ3n) is 4.69. The van der Waals surface area contributed by atoms with Crippen molar-refractivity contribution in [2.45, 2.75) is 18.8 Å². The first-order chi connectivity index (χ1) is 13.5. The number of halogens is 2. The van der Waals surface area contributed by atoms with Gasteiger partial charge in [0.15, 0.2) is 5.78 Å². The maximum atomic E-state index is 13.0. The second-order valence-electron chi connectivity index (χ2n) is 6.60. The SMILES string of the molecule is O=C(Nc1ncc2c(n1)CC(c1cccc(Cl)c1)CC2=O)c1ccc(F)cc1. The number of carbonyl (C=O) groups is 2. The Bertz CT molecular complexity index is 1070. The molecule has 1 N–H and O–H groups in total. The molecule has 0 saturated carbocycles. The third-order valence-corrected chi connectivity index (χ3v) is 4.93. The summed E-state index contributed by atoms with van der Waals surface area (Å²) in [6.45, 7) is 0. The van der Waals surface area contributed by atoms with Gasteiger partial charge in [-0.25, -0.2) is 14.4 Å². The number of ketones is 1. The van der Waals surface area contributed by atoms with Gasteiger partial charge >= 0.3 is 0 Å². The molecule has 140 valence electrons. The van der Waals surface area contributed by atoms with Gasteiger partial charge in [0.05, 0.1) is 11.3 Å². The van der Waals surface area contributed by atoms with E-state index in [-0.39, 0.29) is 23.2 Å². The van der Waals surface area contributed by atoms with E-state index in [0.717, 1.165) is 5.56 Å². The highest BCUT2D eigenvalue weighted by atomic mass is 35.5. The van der Waals surface area contributed by atoms with Gasteiger partial charge in [-0.1, -0.05) is 23.7 Å². The standard InChI is InChI=1S/C21H15ClFN3O2/c22-15-3-1-2-13(8-15)14-9-18-17(19(27)10-14)11-24-21(25-18)26-20(28)12-4-6-16(23)7-5-12/h1-8,11,14H,9-10H2,(H,24,25,26,28). The molecule has 3 aromatic rings. The normalized spacial score (nSPS) is 15.8. The van der Waals surface area contributed by atoms with E-state index in [1.807, 2.05) is 18.2 Å². The van der Waals surface area contributed by atoms with Crippen molar-refractivity contribution in [1.29, 1.82) is 0 Å². The molecule has 1 atom stereocenters. The Kier molecular flexibility index (Phi) is 4.88. The predicted molar refractivity (Wildman–Crippen MR) is 103 cm³/mol. The number of carbonyl (C=O) groups excluding carboxylic acids is 2. The van der Waals surface area contributed by atoms with Gasteiger partial charge < -0.3 is 0 Å². The topological polar surface area (TPSA) is 72.0 Å². The molecule has 0 bridgehead atoms. The number of hydrogen-bond donors (Lipinski definition) is 1. The number of hydrogen-bond acceptors (Lipinski definition) is 4. The molecule has 28 heavy (non-hydrogen) atoms. The van der Waals surface area contributed by atoms with E-state index in [0.29, 0.717) is 29.1 Å². The van der Waals surface area contributed by atoms with Gasteiger partial charge in [-0.2, -0.15) is 0 Å². The molecule has 1 heterocycles. The van der Waals surface area contributed by atoms with Crippen LogP contribution in [0.2, 0.25) is 5.02 Å². The summed E-state index contributed by atoms with van der Waals surface area (Å²) in [7, 11) is 0. The Hall–Kier alpha value is -3.12. The van der Waals surface area contributed by atoms with Crippen molar-refractivity contribution in [3.05, 3.63) is 88.0 Å². The van der Waals surface area contributed by atoms with Gasteiger partial charge in [-0.05, 0) is 54.3 Å². The molecule has 0 fully saturated rings. The molecule has 4 rings (SSSR count). The zero-order chi connectivity index (χ0) is 19.7. The Labute approximate surface area is 165 Å². The van der Waals surface area contributed by atoms with Crippen LogP contribution < -0.4 is 5.32 Å². The van der Waals surface area contributed by atoms with E-state index in [1.165, 1.54) is 30.5 Å². The number of anilines is 1. The Morgan fingerprint density at radius 2 is 1.93 bits per heavy atom. The molecular weight excluding hydrogens is 381 g/mol. The van der Waals surface area contributed by atoms with Crippen LogP contribution in [0.5, 0.6) is 0 Å². The lowest BCUT2D eigenvalue weighted by atomic mass is 9.82. The lowest BCUT2D eigenvalue weighted by Crippen LogP contribution is -2.22. The van der Waals surface area contributed by atoms with E-state index in [4.69, 9.17) is 11.6 Å². The Balaban J connectivity index is 1.57. The molecular formula is C21H15ClFN3O2. The molecule has 1 aromatic heterocycles. The molecule has 1 unspecified atom stereocenters. The lowest BCUT2D eigenvalue weighted by Gasteiger charge is -2.23. The zero-order valence-corrected chi connectivity index (χ0v) is 15.4. The van der Waals surface area contributed by atoms with Crippen LogP contribution in [-0.2, 0) is 6.42 Å². The summed E-state index contributed by atoms with van der Waals surface area (Å²) < 4.78 is 13.0. The van der Waals surface area contributed by atoms with Crippen LogP contribution in [-0.4, -0.2) is 21.7 Å². The maximum absolute atomic E-state index is 13.0. The van der Waals surface area contributed by atoms with Crippen molar-refractivity contribution < 1.29 is 14.0 Å². The summed E-state index contributed by atoms with van der Waals surface area (Å²) in [5.74, 6) is -0.842. The van der Waals surface area contributed by atoms with Crippen molar-refractivity contribution in [3.63, 3.8) is 0 Å². The van der Waals surface area contributed by atoms with Gasteiger partial charge in [0.25, 0.3) is 5.91 Å². The number of fused-ring (bicyclic) bond motifs is 1. The van der Waals surface area contributed by atoms with Gasteiger partial charge in [0, 0.05) is 23.2 Å². The highest BCUT2D eigenvalue weighted by Gasteiger charge is 2.28. The smallest absolute Gasteiger partial charge is 0.258 e. The fourth-order valence-corrected chi connectivity index (χ4v) is 3.48. The number of Topliss-reactive ketones (excluding diaryl/α,β-unsaturated/α-hetero) is 1. The number of nitrogens with zero attached hydrogens (tertiary/aromatic N) is 2. The van der Waals surface area contributed by atoms with Crippen LogP contribution in [0.3, 0.4) is 0 Å². The average Bonchev–Trinajstić information content (AvgIpc) is 2.68. The third kappa shape index (κ3) is 3.77. The van der Waals surface area contributed by atoms with Crippen molar-refractivity contribution >= 4 is 29.2 Å². The first kappa shape index (κ1) is 18.3. The number of benzene rings is 2. The van der Waals surface area contributed by atoms with Gasteiger partial charge in [0.1, 0.15) is 5.82 Å². The molecule has 7 heteroatoms. The molecule has 0 saturated heterocycles.